The Morgan fingerprint density at radius 1 is 1.35 bits per heavy atom. The van der Waals surface area contributed by atoms with Gasteiger partial charge in [-0.15, -0.1) is 0 Å². The van der Waals surface area contributed by atoms with Gasteiger partial charge in [-0.2, -0.15) is 0 Å². The minimum Gasteiger partial charge on any atom is -0.494 e. The molecule has 0 saturated heterocycles. The molecular weight excluding hydrogens is 230 g/mol. The number of hydrogen-bond donors (Lipinski definition) is 1. The average Bonchev–Trinajstić information content (AvgIpc) is 2.18. The van der Waals surface area contributed by atoms with Gasteiger partial charge in [-0.1, -0.05) is 6.42 Å². The smallest absolute Gasteiger partial charge is 0.314 e. The Morgan fingerprint density at radius 3 is 2.41 bits per heavy atom. The molecule has 17 heavy (non-hydrogen) atoms. The van der Waals surface area contributed by atoms with E-state index < -0.39 is 23.0 Å². The lowest BCUT2D eigenvalue weighted by Crippen LogP contribution is -2.43. The predicted molar refractivity (Wildman–Crippen MR) is 56.1 cm³/mol. The van der Waals surface area contributed by atoms with E-state index >= 15 is 0 Å². The molecule has 0 unspecified atom stereocenters. The zero-order valence-electron chi connectivity index (χ0n) is 9.30. The molecule has 0 spiro atoms. The normalized spacial score (nSPS) is 17.4. The first-order chi connectivity index (χ1) is 8.01. The first-order valence-corrected chi connectivity index (χ1v) is 5.28. The molecule has 3 nitrogen and oxygen atoms in total. The van der Waals surface area contributed by atoms with Crippen LogP contribution < -0.4 is 4.74 Å². The van der Waals surface area contributed by atoms with Gasteiger partial charge in [0, 0.05) is 11.6 Å². The van der Waals surface area contributed by atoms with Crippen molar-refractivity contribution in [2.45, 2.75) is 24.7 Å². The molecule has 0 heterocycles. The van der Waals surface area contributed by atoms with Gasteiger partial charge in [-0.05, 0) is 18.9 Å². The second-order valence-electron chi connectivity index (χ2n) is 4.21. The zero-order chi connectivity index (χ0) is 12.6. The molecule has 0 aromatic heterocycles. The number of halogens is 2. The number of hydrogen-bond acceptors (Lipinski definition) is 2. The first-order valence-electron chi connectivity index (χ1n) is 5.28. The van der Waals surface area contributed by atoms with Crippen molar-refractivity contribution in [3.63, 3.8) is 0 Å². The monoisotopic (exact) mass is 242 g/mol. The lowest BCUT2D eigenvalue weighted by molar-refractivity contribution is -0.147. The van der Waals surface area contributed by atoms with Gasteiger partial charge < -0.3 is 9.84 Å². The summed E-state index contributed by atoms with van der Waals surface area (Å²) in [5.74, 6) is -2.86. The molecule has 1 N–H and O–H groups in total. The maximum atomic E-state index is 13.7. The standard InChI is InChI=1S/C12H12F2O3/c1-17-10-5-7(8(13)6-9(10)14)12(11(15)16)3-2-4-12/h5-6H,2-4H2,1H3,(H,15,16). The minimum atomic E-state index is -1.22. The minimum absolute atomic E-state index is 0.00880. The fraction of sp³-hybridized carbons (Fsp3) is 0.417. The third kappa shape index (κ3) is 1.66. The fourth-order valence-corrected chi connectivity index (χ4v) is 2.18. The molecule has 1 fully saturated rings. The van der Waals surface area contributed by atoms with Gasteiger partial charge in [-0.25, -0.2) is 8.78 Å². The van der Waals surface area contributed by atoms with Crippen molar-refractivity contribution in [1.82, 2.24) is 0 Å². The molecule has 5 heteroatoms. The molecule has 1 aromatic carbocycles. The maximum Gasteiger partial charge on any atom is 0.314 e. The molecule has 1 aliphatic carbocycles. The second-order valence-corrected chi connectivity index (χ2v) is 4.21. The highest BCUT2D eigenvalue weighted by Gasteiger charge is 2.48. The van der Waals surface area contributed by atoms with Crippen molar-refractivity contribution in [2.75, 3.05) is 7.11 Å². The number of ether oxygens (including phenoxy) is 1. The zero-order valence-corrected chi connectivity index (χ0v) is 9.30. The summed E-state index contributed by atoms with van der Waals surface area (Å²) in [4.78, 5) is 11.2. The van der Waals surface area contributed by atoms with Crippen LogP contribution in [-0.2, 0) is 10.2 Å². The Hall–Kier alpha value is -1.65. The third-order valence-corrected chi connectivity index (χ3v) is 3.37. The first kappa shape index (κ1) is 11.8. The molecule has 1 saturated carbocycles. The fourth-order valence-electron chi connectivity index (χ4n) is 2.18. The van der Waals surface area contributed by atoms with Crippen LogP contribution >= 0.6 is 0 Å². The maximum absolute atomic E-state index is 13.7. The molecule has 0 radical (unpaired) electrons. The summed E-state index contributed by atoms with van der Waals surface area (Å²) < 4.78 is 31.7. The van der Waals surface area contributed by atoms with Crippen molar-refractivity contribution in [3.8, 4) is 5.75 Å². The van der Waals surface area contributed by atoms with Crippen LogP contribution in [0, 0.1) is 11.6 Å². The number of rotatable bonds is 3. The Morgan fingerprint density at radius 2 is 2.00 bits per heavy atom. The van der Waals surface area contributed by atoms with Crippen molar-refractivity contribution in [2.24, 2.45) is 0 Å². The van der Waals surface area contributed by atoms with E-state index in [0.717, 1.165) is 12.5 Å². The number of carbonyl (C=O) groups is 1. The molecule has 0 bridgehead atoms. The van der Waals surface area contributed by atoms with Crippen molar-refractivity contribution >= 4 is 5.97 Å². The molecular formula is C12H12F2O3. The van der Waals surface area contributed by atoms with E-state index in [0.29, 0.717) is 18.9 Å². The van der Waals surface area contributed by atoms with E-state index in [4.69, 9.17) is 4.74 Å². The van der Waals surface area contributed by atoms with Crippen LogP contribution in [0.5, 0.6) is 5.75 Å². The highest BCUT2D eigenvalue weighted by atomic mass is 19.1. The van der Waals surface area contributed by atoms with E-state index in [1.54, 1.807) is 0 Å². The Labute approximate surface area is 97.0 Å². The highest BCUT2D eigenvalue weighted by molar-refractivity contribution is 5.82. The quantitative estimate of drug-likeness (QED) is 0.885. The summed E-state index contributed by atoms with van der Waals surface area (Å²) in [6, 6.07) is 1.83. The van der Waals surface area contributed by atoms with Crippen molar-refractivity contribution in [3.05, 3.63) is 29.3 Å². The number of methoxy groups -OCH3 is 1. The molecule has 1 aliphatic rings. The Kier molecular flexibility index (Phi) is 2.77. The van der Waals surface area contributed by atoms with Crippen molar-refractivity contribution < 1.29 is 23.4 Å². The largest absolute Gasteiger partial charge is 0.494 e. The molecule has 0 aliphatic heterocycles. The average molecular weight is 242 g/mol. The number of carboxylic acids is 1. The summed E-state index contributed by atoms with van der Waals surface area (Å²) >= 11 is 0. The van der Waals surface area contributed by atoms with Crippen LogP contribution in [0.2, 0.25) is 0 Å². The molecule has 0 atom stereocenters. The summed E-state index contributed by atoms with van der Waals surface area (Å²) in [5.41, 5.74) is -1.21. The second kappa shape index (κ2) is 3.98. The number of aliphatic carboxylic acids is 1. The van der Waals surface area contributed by atoms with Crippen molar-refractivity contribution in [1.29, 1.82) is 0 Å². The SMILES string of the molecule is COc1cc(C2(C(=O)O)CCC2)c(F)cc1F. The summed E-state index contributed by atoms with van der Waals surface area (Å²) in [6.45, 7) is 0. The van der Waals surface area contributed by atoms with Gasteiger partial charge in [0.05, 0.1) is 12.5 Å². The van der Waals surface area contributed by atoms with Crippen LogP contribution in [0.3, 0.4) is 0 Å². The summed E-state index contributed by atoms with van der Waals surface area (Å²) in [5, 5.41) is 9.19. The molecule has 1 aromatic rings. The van der Waals surface area contributed by atoms with Crippen LogP contribution in [0.1, 0.15) is 24.8 Å². The van der Waals surface area contributed by atoms with E-state index in [2.05, 4.69) is 0 Å². The van der Waals surface area contributed by atoms with E-state index in [1.807, 2.05) is 0 Å². The molecule has 92 valence electrons. The molecule has 0 amide bonds. The van der Waals surface area contributed by atoms with Gasteiger partial charge in [0.2, 0.25) is 0 Å². The van der Waals surface area contributed by atoms with Gasteiger partial charge >= 0.3 is 5.97 Å². The highest BCUT2D eigenvalue weighted by Crippen LogP contribution is 2.46. The van der Waals surface area contributed by atoms with Gasteiger partial charge in [0.15, 0.2) is 11.6 Å². The van der Waals surface area contributed by atoms with Crippen LogP contribution in [0.25, 0.3) is 0 Å². The van der Waals surface area contributed by atoms with Crippen LogP contribution in [-0.4, -0.2) is 18.2 Å². The molecule has 2 rings (SSSR count). The van der Waals surface area contributed by atoms with E-state index in [9.17, 15) is 18.7 Å². The number of benzene rings is 1. The van der Waals surface area contributed by atoms with Crippen LogP contribution in [0.15, 0.2) is 12.1 Å². The topological polar surface area (TPSA) is 46.5 Å². The lowest BCUT2D eigenvalue weighted by Gasteiger charge is -2.38. The van der Waals surface area contributed by atoms with Crippen LogP contribution in [0.4, 0.5) is 8.78 Å². The third-order valence-electron chi connectivity index (χ3n) is 3.37. The van der Waals surface area contributed by atoms with Gasteiger partial charge in [0.25, 0.3) is 0 Å². The summed E-state index contributed by atoms with van der Waals surface area (Å²) in [6.07, 6.45) is 1.47. The lowest BCUT2D eigenvalue weighted by atomic mass is 9.64. The Balaban J connectivity index is 2.54. The van der Waals surface area contributed by atoms with E-state index in [1.165, 1.54) is 7.11 Å². The van der Waals surface area contributed by atoms with Gasteiger partial charge in [-0.3, -0.25) is 4.79 Å². The van der Waals surface area contributed by atoms with E-state index in [-0.39, 0.29) is 11.3 Å². The van der Waals surface area contributed by atoms with Gasteiger partial charge in [0.1, 0.15) is 5.82 Å². The predicted octanol–water partition coefficient (Wildman–Crippen LogP) is 2.48. The Bertz CT molecular complexity index is 467. The summed E-state index contributed by atoms with van der Waals surface area (Å²) in [7, 11) is 1.26. The number of carboxylic acid groups (broad SMARTS) is 1.